The Balaban J connectivity index is 2.41. The molecule has 80 valence electrons. The Bertz CT molecular complexity index is 339. The Morgan fingerprint density at radius 2 is 2.07 bits per heavy atom. The average Bonchev–Trinajstić information content (AvgIpc) is 2.24. The maximum Gasteiger partial charge on any atom is 0.101 e. The molecule has 0 heterocycles. The van der Waals surface area contributed by atoms with Crippen molar-refractivity contribution >= 4 is 5.69 Å². The Labute approximate surface area is 91.3 Å². The Morgan fingerprint density at radius 1 is 1.33 bits per heavy atom. The zero-order valence-corrected chi connectivity index (χ0v) is 9.33. The second-order valence-corrected chi connectivity index (χ2v) is 3.74. The van der Waals surface area contributed by atoms with Gasteiger partial charge in [0.1, 0.15) is 6.07 Å². The monoisotopic (exact) mass is 203 g/mol. The van der Waals surface area contributed by atoms with E-state index in [2.05, 4.69) is 30.4 Å². The summed E-state index contributed by atoms with van der Waals surface area (Å²) in [6.45, 7) is 1.96. The molecular weight excluding hydrogens is 186 g/mol. The Kier molecular flexibility index (Phi) is 4.65. The summed E-state index contributed by atoms with van der Waals surface area (Å²) >= 11 is 0. The molecule has 0 aliphatic heterocycles. The molecule has 0 saturated carbocycles. The van der Waals surface area contributed by atoms with Crippen molar-refractivity contribution in [3.63, 3.8) is 0 Å². The first-order valence-corrected chi connectivity index (χ1v) is 5.12. The number of nitrogens with zero attached hydrogens (tertiary/aromatic N) is 2. The molecule has 0 aromatic heterocycles. The van der Waals surface area contributed by atoms with E-state index in [1.807, 2.05) is 24.3 Å². The minimum absolute atomic E-state index is 0.711. The number of para-hydroxylation sites is 1. The van der Waals surface area contributed by atoms with Crippen molar-refractivity contribution in [2.45, 2.75) is 6.42 Å². The van der Waals surface area contributed by atoms with Crippen LogP contribution in [0.3, 0.4) is 0 Å². The summed E-state index contributed by atoms with van der Waals surface area (Å²) in [7, 11) is 4.12. The fourth-order valence-electron chi connectivity index (χ4n) is 1.35. The van der Waals surface area contributed by atoms with E-state index >= 15 is 0 Å². The molecule has 15 heavy (non-hydrogen) atoms. The normalized spacial score (nSPS) is 10.0. The van der Waals surface area contributed by atoms with Gasteiger partial charge in [0.2, 0.25) is 0 Å². The van der Waals surface area contributed by atoms with Crippen molar-refractivity contribution in [1.29, 1.82) is 5.26 Å². The molecule has 0 radical (unpaired) electrons. The molecule has 0 atom stereocenters. The van der Waals surface area contributed by atoms with Crippen molar-refractivity contribution in [3.05, 3.63) is 29.8 Å². The number of rotatable bonds is 5. The van der Waals surface area contributed by atoms with E-state index in [1.165, 1.54) is 0 Å². The van der Waals surface area contributed by atoms with Crippen LogP contribution < -0.4 is 5.32 Å². The van der Waals surface area contributed by atoms with Gasteiger partial charge in [-0.2, -0.15) is 5.26 Å². The van der Waals surface area contributed by atoms with Gasteiger partial charge in [-0.25, -0.2) is 0 Å². The fraction of sp³-hybridized carbons (Fsp3) is 0.417. The number of hydrogen-bond donors (Lipinski definition) is 1. The van der Waals surface area contributed by atoms with Gasteiger partial charge in [-0.15, -0.1) is 0 Å². The number of hydrogen-bond acceptors (Lipinski definition) is 3. The molecule has 3 nitrogen and oxygen atoms in total. The van der Waals surface area contributed by atoms with Gasteiger partial charge >= 0.3 is 0 Å². The molecule has 1 aromatic carbocycles. The molecule has 0 saturated heterocycles. The van der Waals surface area contributed by atoms with Crippen molar-refractivity contribution in [1.82, 2.24) is 4.90 Å². The lowest BCUT2D eigenvalue weighted by Gasteiger charge is -2.11. The van der Waals surface area contributed by atoms with E-state index < -0.39 is 0 Å². The van der Waals surface area contributed by atoms with Crippen LogP contribution in [0.5, 0.6) is 0 Å². The van der Waals surface area contributed by atoms with Gasteiger partial charge in [0, 0.05) is 6.54 Å². The third-order valence-electron chi connectivity index (χ3n) is 2.15. The van der Waals surface area contributed by atoms with Gasteiger partial charge in [0.25, 0.3) is 0 Å². The number of benzene rings is 1. The van der Waals surface area contributed by atoms with E-state index in [9.17, 15) is 0 Å². The third kappa shape index (κ3) is 4.01. The third-order valence-corrected chi connectivity index (χ3v) is 2.15. The van der Waals surface area contributed by atoms with Crippen LogP contribution in [-0.4, -0.2) is 32.1 Å². The van der Waals surface area contributed by atoms with E-state index in [4.69, 9.17) is 5.26 Å². The van der Waals surface area contributed by atoms with Crippen LogP contribution in [0.2, 0.25) is 0 Å². The number of nitriles is 1. The van der Waals surface area contributed by atoms with Crippen LogP contribution in [-0.2, 0) is 0 Å². The largest absolute Gasteiger partial charge is 0.384 e. The average molecular weight is 203 g/mol. The maximum absolute atomic E-state index is 8.86. The SMILES string of the molecule is CN(C)CCCNc1ccccc1C#N. The maximum atomic E-state index is 8.86. The summed E-state index contributed by atoms with van der Waals surface area (Å²) in [5, 5.41) is 12.1. The fourth-order valence-corrected chi connectivity index (χ4v) is 1.35. The highest BCUT2D eigenvalue weighted by Crippen LogP contribution is 2.12. The topological polar surface area (TPSA) is 39.1 Å². The van der Waals surface area contributed by atoms with Crippen LogP contribution >= 0.6 is 0 Å². The van der Waals surface area contributed by atoms with Gasteiger partial charge in [0.05, 0.1) is 11.3 Å². The minimum Gasteiger partial charge on any atom is -0.384 e. The summed E-state index contributed by atoms with van der Waals surface area (Å²) in [6, 6.07) is 9.76. The molecule has 0 aliphatic rings. The highest BCUT2D eigenvalue weighted by atomic mass is 15.1. The van der Waals surface area contributed by atoms with Crippen LogP contribution in [0, 0.1) is 11.3 Å². The van der Waals surface area contributed by atoms with Crippen molar-refractivity contribution in [2.24, 2.45) is 0 Å². The summed E-state index contributed by atoms with van der Waals surface area (Å²) in [5.41, 5.74) is 1.64. The Hall–Kier alpha value is -1.53. The molecule has 0 bridgehead atoms. The first-order chi connectivity index (χ1) is 7.24. The molecule has 0 amide bonds. The van der Waals surface area contributed by atoms with Gasteiger partial charge in [0.15, 0.2) is 0 Å². The van der Waals surface area contributed by atoms with Crippen molar-refractivity contribution < 1.29 is 0 Å². The molecule has 0 aliphatic carbocycles. The summed E-state index contributed by atoms with van der Waals surface area (Å²) in [4.78, 5) is 2.15. The molecule has 3 heteroatoms. The van der Waals surface area contributed by atoms with E-state index in [-0.39, 0.29) is 0 Å². The smallest absolute Gasteiger partial charge is 0.101 e. The summed E-state index contributed by atoms with van der Waals surface area (Å²) in [5.74, 6) is 0. The lowest BCUT2D eigenvalue weighted by atomic mass is 10.2. The first-order valence-electron chi connectivity index (χ1n) is 5.12. The molecule has 0 spiro atoms. The van der Waals surface area contributed by atoms with E-state index in [1.54, 1.807) is 0 Å². The zero-order chi connectivity index (χ0) is 11.1. The van der Waals surface area contributed by atoms with Gasteiger partial charge < -0.3 is 10.2 Å². The zero-order valence-electron chi connectivity index (χ0n) is 9.33. The lowest BCUT2D eigenvalue weighted by Crippen LogP contribution is -2.16. The quantitative estimate of drug-likeness (QED) is 0.743. The van der Waals surface area contributed by atoms with Crippen LogP contribution in [0.15, 0.2) is 24.3 Å². The molecule has 1 rings (SSSR count). The summed E-state index contributed by atoms with van der Waals surface area (Å²) < 4.78 is 0. The Morgan fingerprint density at radius 3 is 2.73 bits per heavy atom. The van der Waals surface area contributed by atoms with Crippen LogP contribution in [0.4, 0.5) is 5.69 Å². The minimum atomic E-state index is 0.711. The molecule has 1 N–H and O–H groups in total. The number of anilines is 1. The highest BCUT2D eigenvalue weighted by molar-refractivity contribution is 5.56. The predicted octanol–water partition coefficient (Wildman–Crippen LogP) is 1.92. The standard InChI is InChI=1S/C12H17N3/c1-15(2)9-5-8-14-12-7-4-3-6-11(12)10-13/h3-4,6-7,14H,5,8-9H2,1-2H3. The lowest BCUT2D eigenvalue weighted by molar-refractivity contribution is 0.405. The van der Waals surface area contributed by atoms with Crippen LogP contribution in [0.25, 0.3) is 0 Å². The second kappa shape index (κ2) is 6.05. The summed E-state index contributed by atoms with van der Waals surface area (Å²) in [6.07, 6.45) is 1.08. The van der Waals surface area contributed by atoms with E-state index in [0.29, 0.717) is 5.56 Å². The van der Waals surface area contributed by atoms with Gasteiger partial charge in [-0.1, -0.05) is 12.1 Å². The van der Waals surface area contributed by atoms with Gasteiger partial charge in [-0.05, 0) is 39.2 Å². The van der Waals surface area contributed by atoms with Crippen LogP contribution in [0.1, 0.15) is 12.0 Å². The van der Waals surface area contributed by atoms with Gasteiger partial charge in [-0.3, -0.25) is 0 Å². The van der Waals surface area contributed by atoms with E-state index in [0.717, 1.165) is 25.2 Å². The number of nitrogens with one attached hydrogen (secondary N) is 1. The predicted molar refractivity (Wildman–Crippen MR) is 62.8 cm³/mol. The van der Waals surface area contributed by atoms with Crippen molar-refractivity contribution in [3.8, 4) is 6.07 Å². The second-order valence-electron chi connectivity index (χ2n) is 3.74. The molecule has 1 aromatic rings. The molecule has 0 fully saturated rings. The highest BCUT2D eigenvalue weighted by Gasteiger charge is 1.98. The first kappa shape index (κ1) is 11.5. The van der Waals surface area contributed by atoms with Crippen molar-refractivity contribution in [2.75, 3.05) is 32.5 Å². The molecular formula is C12H17N3. The molecule has 0 unspecified atom stereocenters.